The Morgan fingerprint density at radius 3 is 3.05 bits per heavy atom. The molecular weight excluding hydrogens is 245 g/mol. The van der Waals surface area contributed by atoms with Gasteiger partial charge in [-0.15, -0.1) is 0 Å². The Morgan fingerprint density at radius 1 is 1.47 bits per heavy atom. The van der Waals surface area contributed by atoms with Crippen LogP contribution >= 0.6 is 0 Å². The van der Waals surface area contributed by atoms with Gasteiger partial charge in [-0.1, -0.05) is 13.0 Å². The largest absolute Gasteiger partial charge is 0.484 e. The predicted octanol–water partition coefficient (Wildman–Crippen LogP) is 3.00. The molecule has 0 radical (unpaired) electrons. The van der Waals surface area contributed by atoms with E-state index in [1.807, 2.05) is 4.90 Å². The van der Waals surface area contributed by atoms with Crippen LogP contribution < -0.4 is 4.74 Å². The maximum absolute atomic E-state index is 13.0. The summed E-state index contributed by atoms with van der Waals surface area (Å²) in [5, 5.41) is 0. The van der Waals surface area contributed by atoms with Gasteiger partial charge in [0.15, 0.2) is 6.61 Å². The number of amides is 1. The Hall–Kier alpha value is -1.58. The molecule has 1 aromatic rings. The van der Waals surface area contributed by atoms with E-state index in [0.717, 1.165) is 25.8 Å². The zero-order valence-corrected chi connectivity index (χ0v) is 11.3. The Kier molecular flexibility index (Phi) is 4.77. The second kappa shape index (κ2) is 6.55. The fourth-order valence-corrected chi connectivity index (χ4v) is 2.54. The Morgan fingerprint density at radius 2 is 2.32 bits per heavy atom. The standard InChI is InChI=1S/C15H20FNO2/c1-2-13-7-3-4-9-17(13)15(18)11-19-14-8-5-6-12(16)10-14/h5-6,8,10,13H,2-4,7,9,11H2,1H3. The lowest BCUT2D eigenvalue weighted by atomic mass is 10.00. The second-order valence-corrected chi connectivity index (χ2v) is 4.89. The summed E-state index contributed by atoms with van der Waals surface area (Å²) >= 11 is 0. The molecule has 4 heteroatoms. The quantitative estimate of drug-likeness (QED) is 0.837. The van der Waals surface area contributed by atoms with Crippen LogP contribution in [-0.2, 0) is 4.79 Å². The van der Waals surface area contributed by atoms with Crippen molar-refractivity contribution in [2.45, 2.75) is 38.6 Å². The van der Waals surface area contributed by atoms with E-state index >= 15 is 0 Å². The Balaban J connectivity index is 1.89. The van der Waals surface area contributed by atoms with Gasteiger partial charge in [-0.05, 0) is 37.8 Å². The maximum atomic E-state index is 13.0. The molecule has 1 unspecified atom stereocenters. The molecule has 3 nitrogen and oxygen atoms in total. The van der Waals surface area contributed by atoms with Gasteiger partial charge in [0.2, 0.25) is 0 Å². The summed E-state index contributed by atoms with van der Waals surface area (Å²) in [6.07, 6.45) is 4.29. The molecule has 1 saturated heterocycles. The minimum atomic E-state index is -0.352. The van der Waals surface area contributed by atoms with Crippen molar-refractivity contribution in [2.75, 3.05) is 13.2 Å². The molecule has 0 spiro atoms. The number of halogens is 1. The molecule has 1 amide bonds. The molecule has 1 aliphatic rings. The number of nitrogens with zero attached hydrogens (tertiary/aromatic N) is 1. The lowest BCUT2D eigenvalue weighted by molar-refractivity contribution is -0.137. The first-order valence-corrected chi connectivity index (χ1v) is 6.88. The van der Waals surface area contributed by atoms with E-state index < -0.39 is 0 Å². The average Bonchev–Trinajstić information content (AvgIpc) is 2.45. The fourth-order valence-electron chi connectivity index (χ4n) is 2.54. The first kappa shape index (κ1) is 13.8. The molecule has 1 aliphatic heterocycles. The number of hydrogen-bond donors (Lipinski definition) is 0. The third-order valence-corrected chi connectivity index (χ3v) is 3.58. The van der Waals surface area contributed by atoms with Crippen molar-refractivity contribution < 1.29 is 13.9 Å². The molecule has 19 heavy (non-hydrogen) atoms. The summed E-state index contributed by atoms with van der Waals surface area (Å²) in [6.45, 7) is 2.90. The van der Waals surface area contributed by atoms with Crippen molar-refractivity contribution in [3.63, 3.8) is 0 Å². The molecule has 104 valence electrons. The van der Waals surface area contributed by atoms with Crippen LogP contribution in [0.3, 0.4) is 0 Å². The van der Waals surface area contributed by atoms with Gasteiger partial charge in [0, 0.05) is 18.7 Å². The van der Waals surface area contributed by atoms with Crippen molar-refractivity contribution >= 4 is 5.91 Å². The van der Waals surface area contributed by atoms with E-state index in [0.29, 0.717) is 11.8 Å². The first-order valence-electron chi connectivity index (χ1n) is 6.88. The minimum absolute atomic E-state index is 0.00388. The summed E-state index contributed by atoms with van der Waals surface area (Å²) in [6, 6.07) is 6.21. The van der Waals surface area contributed by atoms with Crippen LogP contribution in [0.1, 0.15) is 32.6 Å². The van der Waals surface area contributed by atoms with Crippen molar-refractivity contribution in [1.29, 1.82) is 0 Å². The lowest BCUT2D eigenvalue weighted by Crippen LogP contribution is -2.45. The Labute approximate surface area is 113 Å². The summed E-state index contributed by atoms with van der Waals surface area (Å²) < 4.78 is 18.4. The van der Waals surface area contributed by atoms with Gasteiger partial charge in [0.1, 0.15) is 11.6 Å². The number of rotatable bonds is 4. The zero-order chi connectivity index (χ0) is 13.7. The smallest absolute Gasteiger partial charge is 0.260 e. The van der Waals surface area contributed by atoms with Crippen LogP contribution in [0.25, 0.3) is 0 Å². The molecule has 0 saturated carbocycles. The minimum Gasteiger partial charge on any atom is -0.484 e. The SMILES string of the molecule is CCC1CCCCN1C(=O)COc1cccc(F)c1. The van der Waals surface area contributed by atoms with Crippen LogP contribution in [0.2, 0.25) is 0 Å². The van der Waals surface area contributed by atoms with Gasteiger partial charge < -0.3 is 9.64 Å². The third-order valence-electron chi connectivity index (χ3n) is 3.58. The average molecular weight is 265 g/mol. The van der Waals surface area contributed by atoms with E-state index in [1.54, 1.807) is 12.1 Å². The van der Waals surface area contributed by atoms with Gasteiger partial charge in [-0.25, -0.2) is 4.39 Å². The van der Waals surface area contributed by atoms with Crippen LogP contribution in [0, 0.1) is 5.82 Å². The molecule has 0 aliphatic carbocycles. The van der Waals surface area contributed by atoms with E-state index in [1.165, 1.54) is 18.6 Å². The highest BCUT2D eigenvalue weighted by Gasteiger charge is 2.25. The number of likely N-dealkylation sites (tertiary alicyclic amines) is 1. The second-order valence-electron chi connectivity index (χ2n) is 4.89. The summed E-state index contributed by atoms with van der Waals surface area (Å²) in [5.74, 6) is 0.0450. The molecule has 2 rings (SSSR count). The normalized spacial score (nSPS) is 19.3. The van der Waals surface area contributed by atoms with Gasteiger partial charge in [-0.3, -0.25) is 4.79 Å². The number of ether oxygens (including phenoxy) is 1. The molecule has 1 heterocycles. The first-order chi connectivity index (χ1) is 9.20. The highest BCUT2D eigenvalue weighted by Crippen LogP contribution is 2.20. The van der Waals surface area contributed by atoms with Gasteiger partial charge in [-0.2, -0.15) is 0 Å². The zero-order valence-electron chi connectivity index (χ0n) is 11.3. The summed E-state index contributed by atoms with van der Waals surface area (Å²) in [5.41, 5.74) is 0. The molecule has 1 aromatic carbocycles. The van der Waals surface area contributed by atoms with Crippen molar-refractivity contribution in [3.05, 3.63) is 30.1 Å². The van der Waals surface area contributed by atoms with Crippen molar-refractivity contribution in [2.24, 2.45) is 0 Å². The number of carbonyl (C=O) groups excluding carboxylic acids is 1. The highest BCUT2D eigenvalue weighted by atomic mass is 19.1. The topological polar surface area (TPSA) is 29.5 Å². The number of piperidine rings is 1. The summed E-state index contributed by atoms with van der Waals surface area (Å²) in [4.78, 5) is 14.0. The van der Waals surface area contributed by atoms with E-state index in [4.69, 9.17) is 4.74 Å². The number of hydrogen-bond acceptors (Lipinski definition) is 2. The van der Waals surface area contributed by atoms with Crippen LogP contribution in [-0.4, -0.2) is 30.0 Å². The number of benzene rings is 1. The van der Waals surface area contributed by atoms with E-state index in [2.05, 4.69) is 6.92 Å². The third kappa shape index (κ3) is 3.69. The highest BCUT2D eigenvalue weighted by molar-refractivity contribution is 5.78. The molecule has 0 N–H and O–H groups in total. The summed E-state index contributed by atoms with van der Waals surface area (Å²) in [7, 11) is 0. The van der Waals surface area contributed by atoms with Crippen LogP contribution in [0.5, 0.6) is 5.75 Å². The van der Waals surface area contributed by atoms with Crippen molar-refractivity contribution in [1.82, 2.24) is 4.90 Å². The van der Waals surface area contributed by atoms with Gasteiger partial charge in [0.05, 0.1) is 0 Å². The van der Waals surface area contributed by atoms with Crippen LogP contribution in [0.15, 0.2) is 24.3 Å². The molecular formula is C15H20FNO2. The van der Waals surface area contributed by atoms with Crippen molar-refractivity contribution in [3.8, 4) is 5.75 Å². The van der Waals surface area contributed by atoms with Gasteiger partial charge in [0.25, 0.3) is 5.91 Å². The lowest BCUT2D eigenvalue weighted by Gasteiger charge is -2.35. The fraction of sp³-hybridized carbons (Fsp3) is 0.533. The molecule has 0 bridgehead atoms. The predicted molar refractivity (Wildman–Crippen MR) is 71.5 cm³/mol. The Bertz CT molecular complexity index is 436. The molecule has 1 atom stereocenters. The number of carbonyl (C=O) groups is 1. The van der Waals surface area contributed by atoms with Gasteiger partial charge >= 0.3 is 0 Å². The molecule has 0 aromatic heterocycles. The van der Waals surface area contributed by atoms with Crippen LogP contribution in [0.4, 0.5) is 4.39 Å². The monoisotopic (exact) mass is 265 g/mol. The maximum Gasteiger partial charge on any atom is 0.260 e. The molecule has 1 fully saturated rings. The van der Waals surface area contributed by atoms with E-state index in [9.17, 15) is 9.18 Å². The van der Waals surface area contributed by atoms with E-state index in [-0.39, 0.29) is 18.3 Å².